The summed E-state index contributed by atoms with van der Waals surface area (Å²) in [5, 5.41) is 10.00. The molecule has 0 atom stereocenters. The summed E-state index contributed by atoms with van der Waals surface area (Å²) in [7, 11) is 1.74. The quantitative estimate of drug-likeness (QED) is 0.862. The fourth-order valence-electron chi connectivity index (χ4n) is 4.06. The number of thiophene rings is 1. The molecule has 1 fully saturated rings. The monoisotopic (exact) mass is 371 g/mol. The van der Waals surface area contributed by atoms with Crippen molar-refractivity contribution in [1.82, 2.24) is 0 Å². The lowest BCUT2D eigenvalue weighted by molar-refractivity contribution is 0.0696. The molecule has 2 aliphatic rings. The molecule has 0 radical (unpaired) electrons. The Morgan fingerprint density at radius 1 is 1.31 bits per heavy atom. The van der Waals surface area contributed by atoms with E-state index in [0.717, 1.165) is 54.0 Å². The zero-order valence-corrected chi connectivity index (χ0v) is 16.4. The van der Waals surface area contributed by atoms with E-state index in [2.05, 4.69) is 30.9 Å². The number of aryl methyl sites for hydroxylation is 1. The summed E-state index contributed by atoms with van der Waals surface area (Å²) in [4.78, 5) is 16.6. The number of hydrogen-bond donors (Lipinski definition) is 1. The van der Waals surface area contributed by atoms with Gasteiger partial charge in [-0.1, -0.05) is 32.0 Å². The molecule has 2 aromatic rings. The molecular weight excluding hydrogens is 346 g/mol. The topological polar surface area (TPSA) is 49.8 Å². The smallest absolute Gasteiger partial charge is 0.337 e. The van der Waals surface area contributed by atoms with Gasteiger partial charge < -0.3 is 14.7 Å². The van der Waals surface area contributed by atoms with E-state index in [1.54, 1.807) is 18.4 Å². The SMILES string of the molecule is COC1CN(c2ccccc2-c2sc3c(c2C(=O)O)CC(C)(C)CC3)C1. The average Bonchev–Trinajstić information content (AvgIpc) is 2.91. The molecule has 5 heteroatoms. The molecule has 1 saturated heterocycles. The maximum Gasteiger partial charge on any atom is 0.337 e. The van der Waals surface area contributed by atoms with Gasteiger partial charge in [-0.25, -0.2) is 4.79 Å². The summed E-state index contributed by atoms with van der Waals surface area (Å²) >= 11 is 1.68. The Bertz CT molecular complexity index is 849. The van der Waals surface area contributed by atoms with Crippen molar-refractivity contribution < 1.29 is 14.6 Å². The zero-order valence-electron chi connectivity index (χ0n) is 15.5. The molecule has 1 aliphatic heterocycles. The Hall–Kier alpha value is -1.85. The van der Waals surface area contributed by atoms with Crippen molar-refractivity contribution >= 4 is 23.0 Å². The van der Waals surface area contributed by atoms with Gasteiger partial charge in [0.15, 0.2) is 0 Å². The lowest BCUT2D eigenvalue weighted by Crippen LogP contribution is -2.52. The van der Waals surface area contributed by atoms with Gasteiger partial charge in [-0.05, 0) is 36.3 Å². The molecule has 1 aliphatic carbocycles. The lowest BCUT2D eigenvalue weighted by Gasteiger charge is -2.40. The molecule has 0 bridgehead atoms. The zero-order chi connectivity index (χ0) is 18.5. The number of ether oxygens (including phenoxy) is 1. The second kappa shape index (κ2) is 6.39. The van der Waals surface area contributed by atoms with E-state index in [9.17, 15) is 9.90 Å². The van der Waals surface area contributed by atoms with E-state index in [-0.39, 0.29) is 11.5 Å². The number of benzene rings is 1. The fraction of sp³-hybridized carbons (Fsp3) is 0.476. The van der Waals surface area contributed by atoms with E-state index in [1.165, 1.54) is 4.88 Å². The van der Waals surface area contributed by atoms with Crippen molar-refractivity contribution in [2.24, 2.45) is 5.41 Å². The van der Waals surface area contributed by atoms with Gasteiger partial charge in [0.1, 0.15) is 0 Å². The highest BCUT2D eigenvalue weighted by Gasteiger charge is 2.35. The molecule has 0 unspecified atom stereocenters. The number of anilines is 1. The Morgan fingerprint density at radius 2 is 2.04 bits per heavy atom. The molecule has 1 aromatic carbocycles. The number of carbonyl (C=O) groups is 1. The van der Waals surface area contributed by atoms with Crippen LogP contribution in [0.4, 0.5) is 5.69 Å². The van der Waals surface area contributed by atoms with Gasteiger partial charge in [0.05, 0.1) is 16.5 Å². The molecule has 2 heterocycles. The van der Waals surface area contributed by atoms with Crippen molar-refractivity contribution in [3.63, 3.8) is 0 Å². The number of carboxylic acid groups (broad SMARTS) is 1. The van der Waals surface area contributed by atoms with Gasteiger partial charge in [-0.2, -0.15) is 0 Å². The molecule has 4 rings (SSSR count). The van der Waals surface area contributed by atoms with Crippen LogP contribution < -0.4 is 4.90 Å². The van der Waals surface area contributed by atoms with E-state index in [4.69, 9.17) is 4.74 Å². The maximum absolute atomic E-state index is 12.2. The van der Waals surface area contributed by atoms with Crippen LogP contribution in [-0.2, 0) is 17.6 Å². The maximum atomic E-state index is 12.2. The van der Waals surface area contributed by atoms with Crippen molar-refractivity contribution in [2.75, 3.05) is 25.1 Å². The Morgan fingerprint density at radius 3 is 2.73 bits per heavy atom. The van der Waals surface area contributed by atoms with Crippen LogP contribution in [0.3, 0.4) is 0 Å². The van der Waals surface area contributed by atoms with Gasteiger partial charge in [-0.3, -0.25) is 0 Å². The number of para-hydroxylation sites is 1. The van der Waals surface area contributed by atoms with Crippen LogP contribution >= 0.6 is 11.3 Å². The number of nitrogens with zero attached hydrogens (tertiary/aromatic N) is 1. The van der Waals surface area contributed by atoms with E-state index >= 15 is 0 Å². The minimum atomic E-state index is -0.802. The number of hydrogen-bond acceptors (Lipinski definition) is 4. The molecule has 0 spiro atoms. The standard InChI is InChI=1S/C21H25NO3S/c1-21(2)9-8-17-15(10-21)18(20(23)24)19(26-17)14-6-4-5-7-16(14)22-11-13(12-22)25-3/h4-7,13H,8-12H2,1-3H3,(H,23,24). The molecule has 1 N–H and O–H groups in total. The van der Waals surface area contributed by atoms with Crippen LogP contribution in [0.5, 0.6) is 0 Å². The van der Waals surface area contributed by atoms with Crippen molar-refractivity contribution in [3.05, 3.63) is 40.3 Å². The predicted octanol–water partition coefficient (Wildman–Crippen LogP) is 4.46. The van der Waals surface area contributed by atoms with Crippen LogP contribution in [0.2, 0.25) is 0 Å². The lowest BCUT2D eigenvalue weighted by atomic mass is 9.76. The molecule has 4 nitrogen and oxygen atoms in total. The highest BCUT2D eigenvalue weighted by Crippen LogP contribution is 2.47. The number of methoxy groups -OCH3 is 1. The van der Waals surface area contributed by atoms with E-state index in [1.807, 2.05) is 12.1 Å². The fourth-order valence-corrected chi connectivity index (χ4v) is 5.40. The normalized spacial score (nSPS) is 19.1. The Kier molecular flexibility index (Phi) is 4.32. The van der Waals surface area contributed by atoms with Crippen LogP contribution in [0.1, 0.15) is 41.1 Å². The first-order valence-corrected chi connectivity index (χ1v) is 9.96. The van der Waals surface area contributed by atoms with Crippen LogP contribution in [-0.4, -0.2) is 37.4 Å². The van der Waals surface area contributed by atoms with Crippen LogP contribution in [0, 0.1) is 5.41 Å². The number of rotatable bonds is 4. The van der Waals surface area contributed by atoms with Crippen molar-refractivity contribution in [1.29, 1.82) is 0 Å². The van der Waals surface area contributed by atoms with Gasteiger partial charge in [0.2, 0.25) is 0 Å². The molecule has 26 heavy (non-hydrogen) atoms. The summed E-state index contributed by atoms with van der Waals surface area (Å²) in [5.74, 6) is -0.802. The second-order valence-electron chi connectivity index (χ2n) is 8.13. The number of aromatic carboxylic acids is 1. The molecule has 138 valence electrons. The molecule has 1 aromatic heterocycles. The van der Waals surface area contributed by atoms with E-state index in [0.29, 0.717) is 5.56 Å². The summed E-state index contributed by atoms with van der Waals surface area (Å²) < 4.78 is 5.40. The highest BCUT2D eigenvalue weighted by molar-refractivity contribution is 7.16. The molecule has 0 amide bonds. The number of carboxylic acids is 1. The minimum absolute atomic E-state index is 0.165. The Balaban J connectivity index is 1.80. The summed E-state index contributed by atoms with van der Waals surface area (Å²) in [6, 6.07) is 8.18. The predicted molar refractivity (Wildman–Crippen MR) is 106 cm³/mol. The van der Waals surface area contributed by atoms with Crippen LogP contribution in [0.15, 0.2) is 24.3 Å². The summed E-state index contributed by atoms with van der Waals surface area (Å²) in [5.41, 5.74) is 3.90. The highest BCUT2D eigenvalue weighted by atomic mass is 32.1. The second-order valence-corrected chi connectivity index (χ2v) is 9.24. The van der Waals surface area contributed by atoms with Crippen molar-refractivity contribution in [3.8, 4) is 10.4 Å². The first-order valence-electron chi connectivity index (χ1n) is 9.14. The first kappa shape index (κ1) is 17.6. The number of fused-ring (bicyclic) bond motifs is 1. The third kappa shape index (κ3) is 2.93. The third-order valence-electron chi connectivity index (χ3n) is 5.66. The average molecular weight is 372 g/mol. The summed E-state index contributed by atoms with van der Waals surface area (Å²) in [6.45, 7) is 6.18. The van der Waals surface area contributed by atoms with Crippen LogP contribution in [0.25, 0.3) is 10.4 Å². The first-order chi connectivity index (χ1) is 12.4. The van der Waals surface area contributed by atoms with E-state index < -0.39 is 5.97 Å². The van der Waals surface area contributed by atoms with Gasteiger partial charge >= 0.3 is 5.97 Å². The Labute approximate surface area is 158 Å². The van der Waals surface area contributed by atoms with Gasteiger partial charge in [-0.15, -0.1) is 11.3 Å². The molecular formula is C21H25NO3S. The van der Waals surface area contributed by atoms with Gasteiger partial charge in [0.25, 0.3) is 0 Å². The molecule has 0 saturated carbocycles. The minimum Gasteiger partial charge on any atom is -0.478 e. The largest absolute Gasteiger partial charge is 0.478 e. The summed E-state index contributed by atoms with van der Waals surface area (Å²) in [6.07, 6.45) is 3.20. The van der Waals surface area contributed by atoms with Gasteiger partial charge in [0, 0.05) is 36.3 Å². The third-order valence-corrected chi connectivity index (χ3v) is 6.98. The van der Waals surface area contributed by atoms with Crippen molar-refractivity contribution in [2.45, 2.75) is 39.2 Å².